The molecule has 0 unspecified atom stereocenters. The van der Waals surface area contributed by atoms with Crippen LogP contribution < -0.4 is 10.1 Å². The van der Waals surface area contributed by atoms with Gasteiger partial charge in [0.15, 0.2) is 0 Å². The largest absolute Gasteiger partial charge is 0.497 e. The molecule has 0 aliphatic carbocycles. The monoisotopic (exact) mass is 379 g/mol. The Balaban J connectivity index is 1.70. The fourth-order valence-corrected chi connectivity index (χ4v) is 3.58. The molecule has 0 spiro atoms. The van der Waals surface area contributed by atoms with Gasteiger partial charge in [-0.3, -0.25) is 4.79 Å². The summed E-state index contributed by atoms with van der Waals surface area (Å²) in [7, 11) is 1.65. The van der Waals surface area contributed by atoms with Crippen LogP contribution in [0.4, 0.5) is 5.82 Å². The van der Waals surface area contributed by atoms with Crippen molar-refractivity contribution < 1.29 is 9.53 Å². The Labute approximate surface area is 164 Å². The molecule has 1 atom stereocenters. The Morgan fingerprint density at radius 2 is 2.07 bits per heavy atom. The van der Waals surface area contributed by atoms with Crippen LogP contribution in [0.15, 0.2) is 42.9 Å². The Kier molecular flexibility index (Phi) is 4.90. The van der Waals surface area contributed by atoms with Crippen LogP contribution in [0, 0.1) is 5.92 Å². The number of carbonyl (C=O) groups excluding carboxylic acids is 1. The van der Waals surface area contributed by atoms with Gasteiger partial charge in [-0.15, -0.1) is 0 Å². The number of ether oxygens (including phenoxy) is 1. The molecule has 1 aliphatic heterocycles. The number of nitrogens with zero attached hydrogens (tertiary/aromatic N) is 4. The van der Waals surface area contributed by atoms with Crippen molar-refractivity contribution >= 4 is 11.7 Å². The molecule has 1 amide bonds. The van der Waals surface area contributed by atoms with E-state index in [1.165, 1.54) is 0 Å². The summed E-state index contributed by atoms with van der Waals surface area (Å²) in [4.78, 5) is 17.0. The zero-order chi connectivity index (χ0) is 19.7. The Morgan fingerprint density at radius 1 is 1.29 bits per heavy atom. The van der Waals surface area contributed by atoms with Crippen molar-refractivity contribution in [2.75, 3.05) is 12.4 Å². The predicted molar refractivity (Wildman–Crippen MR) is 107 cm³/mol. The van der Waals surface area contributed by atoms with Gasteiger partial charge in [-0.25, -0.2) is 9.67 Å². The molecule has 0 bridgehead atoms. The lowest BCUT2D eigenvalue weighted by molar-refractivity contribution is -0.116. The Bertz CT molecular complexity index is 971. The number of fused-ring (bicyclic) bond motifs is 1. The van der Waals surface area contributed by atoms with Crippen LogP contribution in [0.3, 0.4) is 0 Å². The van der Waals surface area contributed by atoms with E-state index >= 15 is 0 Å². The molecule has 146 valence electrons. The maximum absolute atomic E-state index is 12.4. The van der Waals surface area contributed by atoms with E-state index in [9.17, 15) is 4.79 Å². The number of imidazole rings is 1. The molecule has 0 fully saturated rings. The number of rotatable bonds is 6. The lowest BCUT2D eigenvalue weighted by Gasteiger charge is -2.24. The van der Waals surface area contributed by atoms with Crippen molar-refractivity contribution in [2.24, 2.45) is 5.92 Å². The molecule has 1 aliphatic rings. The van der Waals surface area contributed by atoms with Gasteiger partial charge in [-0.2, -0.15) is 5.10 Å². The van der Waals surface area contributed by atoms with Crippen molar-refractivity contribution in [1.29, 1.82) is 0 Å². The summed E-state index contributed by atoms with van der Waals surface area (Å²) in [5.41, 5.74) is 2.00. The molecule has 3 heterocycles. The molecule has 1 N–H and O–H groups in total. The number of amides is 1. The van der Waals surface area contributed by atoms with Crippen molar-refractivity contribution in [3.8, 4) is 11.4 Å². The standard InChI is InChI=1S/C21H25N5O2/c1-14(2)8-10-26-21-18(13-23-26)17(12-19(27)24-21)20-22-9-11-25(20)15-4-6-16(28-3)7-5-15/h4-7,9,11,13-14,17H,8,10,12H2,1-3H3,(H,24,27)/t17-/m1/s1. The number of hydrogen-bond acceptors (Lipinski definition) is 4. The highest BCUT2D eigenvalue weighted by Crippen LogP contribution is 2.37. The number of aryl methyl sites for hydroxylation is 1. The van der Waals surface area contributed by atoms with E-state index in [-0.39, 0.29) is 11.8 Å². The van der Waals surface area contributed by atoms with Gasteiger partial charge >= 0.3 is 0 Å². The van der Waals surface area contributed by atoms with Crippen molar-refractivity contribution in [2.45, 2.75) is 39.2 Å². The van der Waals surface area contributed by atoms with E-state index in [0.717, 1.165) is 41.6 Å². The zero-order valence-corrected chi connectivity index (χ0v) is 16.4. The fraction of sp³-hybridized carbons (Fsp3) is 0.381. The van der Waals surface area contributed by atoms with E-state index in [4.69, 9.17) is 4.74 Å². The third-order valence-corrected chi connectivity index (χ3v) is 5.14. The molecule has 4 rings (SSSR count). The van der Waals surface area contributed by atoms with Gasteiger partial charge in [0.2, 0.25) is 5.91 Å². The van der Waals surface area contributed by atoms with Gasteiger partial charge in [0.05, 0.1) is 19.2 Å². The quantitative estimate of drug-likeness (QED) is 0.710. The third-order valence-electron chi connectivity index (χ3n) is 5.14. The van der Waals surface area contributed by atoms with E-state index in [1.807, 2.05) is 45.9 Å². The minimum absolute atomic E-state index is 0.00641. The molecule has 0 saturated heterocycles. The zero-order valence-electron chi connectivity index (χ0n) is 16.4. The first-order valence-electron chi connectivity index (χ1n) is 9.60. The number of hydrogen-bond donors (Lipinski definition) is 1. The first kappa shape index (κ1) is 18.3. The highest BCUT2D eigenvalue weighted by Gasteiger charge is 2.32. The molecule has 3 aromatic rings. The lowest BCUT2D eigenvalue weighted by atomic mass is 9.93. The maximum Gasteiger partial charge on any atom is 0.226 e. The highest BCUT2D eigenvalue weighted by molar-refractivity contribution is 5.94. The molecule has 1 aromatic carbocycles. The minimum atomic E-state index is -0.131. The normalized spacial score (nSPS) is 16.1. The molecule has 7 heteroatoms. The minimum Gasteiger partial charge on any atom is -0.497 e. The van der Waals surface area contributed by atoms with Crippen LogP contribution in [-0.4, -0.2) is 32.3 Å². The number of benzene rings is 1. The van der Waals surface area contributed by atoms with Gasteiger partial charge in [0.25, 0.3) is 0 Å². The first-order valence-corrected chi connectivity index (χ1v) is 9.60. The fourth-order valence-electron chi connectivity index (χ4n) is 3.58. The average Bonchev–Trinajstić information content (AvgIpc) is 3.33. The maximum atomic E-state index is 12.4. The number of methoxy groups -OCH3 is 1. The van der Waals surface area contributed by atoms with E-state index in [2.05, 4.69) is 29.2 Å². The molecule has 28 heavy (non-hydrogen) atoms. The molecular weight excluding hydrogens is 354 g/mol. The number of aromatic nitrogens is 4. The average molecular weight is 379 g/mol. The van der Waals surface area contributed by atoms with Gasteiger partial charge < -0.3 is 14.6 Å². The van der Waals surface area contributed by atoms with Gasteiger partial charge in [0, 0.05) is 36.6 Å². The predicted octanol–water partition coefficient (Wildman–Crippen LogP) is 3.60. The van der Waals surface area contributed by atoms with Gasteiger partial charge in [-0.1, -0.05) is 13.8 Å². The van der Waals surface area contributed by atoms with Crippen molar-refractivity contribution in [3.05, 3.63) is 54.2 Å². The summed E-state index contributed by atoms with van der Waals surface area (Å²) < 4.78 is 9.18. The van der Waals surface area contributed by atoms with E-state index < -0.39 is 0 Å². The summed E-state index contributed by atoms with van der Waals surface area (Å²) in [5, 5.41) is 7.54. The summed E-state index contributed by atoms with van der Waals surface area (Å²) in [6.45, 7) is 5.15. The van der Waals surface area contributed by atoms with Crippen molar-refractivity contribution in [1.82, 2.24) is 19.3 Å². The summed E-state index contributed by atoms with van der Waals surface area (Å²) >= 11 is 0. The number of nitrogens with one attached hydrogen (secondary N) is 1. The van der Waals surface area contributed by atoms with Crippen LogP contribution in [0.25, 0.3) is 5.69 Å². The Hall–Kier alpha value is -3.09. The SMILES string of the molecule is COc1ccc(-n2ccnc2[C@@H]2CC(=O)Nc3c2cnn3CCC(C)C)cc1. The van der Waals surface area contributed by atoms with Crippen LogP contribution in [0.2, 0.25) is 0 Å². The smallest absolute Gasteiger partial charge is 0.226 e. The van der Waals surface area contributed by atoms with Crippen LogP contribution in [0.1, 0.15) is 44.0 Å². The lowest BCUT2D eigenvalue weighted by Crippen LogP contribution is -2.26. The van der Waals surface area contributed by atoms with E-state index in [0.29, 0.717) is 12.3 Å². The van der Waals surface area contributed by atoms with Crippen LogP contribution in [-0.2, 0) is 11.3 Å². The topological polar surface area (TPSA) is 74.0 Å². The molecule has 0 saturated carbocycles. The first-order chi connectivity index (χ1) is 13.6. The Morgan fingerprint density at radius 3 is 2.79 bits per heavy atom. The second-order valence-electron chi connectivity index (χ2n) is 7.51. The summed E-state index contributed by atoms with van der Waals surface area (Å²) in [6.07, 6.45) is 6.93. The number of anilines is 1. The van der Waals surface area contributed by atoms with Crippen LogP contribution >= 0.6 is 0 Å². The van der Waals surface area contributed by atoms with Crippen LogP contribution in [0.5, 0.6) is 5.75 Å². The van der Waals surface area contributed by atoms with Gasteiger partial charge in [-0.05, 0) is 36.6 Å². The van der Waals surface area contributed by atoms with E-state index in [1.54, 1.807) is 13.3 Å². The summed E-state index contributed by atoms with van der Waals surface area (Å²) in [6, 6.07) is 7.81. The van der Waals surface area contributed by atoms with Gasteiger partial charge in [0.1, 0.15) is 17.4 Å². The molecule has 7 nitrogen and oxygen atoms in total. The molecule has 2 aromatic heterocycles. The number of carbonyl (C=O) groups is 1. The summed E-state index contributed by atoms with van der Waals surface area (Å²) in [5.74, 6) is 2.87. The molecule has 0 radical (unpaired) electrons. The third kappa shape index (κ3) is 3.40. The molecular formula is C21H25N5O2. The second kappa shape index (κ2) is 7.50. The second-order valence-corrected chi connectivity index (χ2v) is 7.51. The highest BCUT2D eigenvalue weighted by atomic mass is 16.5. The van der Waals surface area contributed by atoms with Crippen molar-refractivity contribution in [3.63, 3.8) is 0 Å².